The van der Waals surface area contributed by atoms with Crippen molar-refractivity contribution in [3.63, 3.8) is 0 Å². The molecule has 0 aliphatic carbocycles. The molecule has 1 unspecified atom stereocenters. The van der Waals surface area contributed by atoms with E-state index in [1.807, 2.05) is 30.3 Å². The fraction of sp³-hybridized carbons (Fsp3) is 0.211. The number of hydrogen-bond acceptors (Lipinski definition) is 4. The molecule has 3 N–H and O–H groups in total. The standard InChI is InChI=1S/C19H21N3O3/c1-13(23)16-9-6-10-17(12-16)21-19(24)14(2)25-22-18(20)11-15-7-4-3-5-8-15/h3-10,12,14H,11H2,1-2H3,(H2,20,22)(H,21,24). The fourth-order valence-corrected chi connectivity index (χ4v) is 2.09. The number of benzene rings is 2. The first-order chi connectivity index (χ1) is 12.0. The maximum atomic E-state index is 12.1. The number of anilines is 1. The lowest BCUT2D eigenvalue weighted by Crippen LogP contribution is -2.27. The van der Waals surface area contributed by atoms with Gasteiger partial charge in [-0.15, -0.1) is 0 Å². The molecule has 2 rings (SSSR count). The molecular weight excluding hydrogens is 318 g/mol. The number of amides is 1. The second kappa shape index (κ2) is 8.63. The lowest BCUT2D eigenvalue weighted by atomic mass is 10.1. The summed E-state index contributed by atoms with van der Waals surface area (Å²) in [6.45, 7) is 3.04. The highest BCUT2D eigenvalue weighted by molar-refractivity contribution is 5.98. The molecule has 1 amide bonds. The van der Waals surface area contributed by atoms with Crippen molar-refractivity contribution >= 4 is 23.2 Å². The molecule has 2 aromatic rings. The average molecular weight is 339 g/mol. The number of Topliss-reactive ketones (excluding diaryl/α,β-unsaturated/α-hetero) is 1. The summed E-state index contributed by atoms with van der Waals surface area (Å²) in [5, 5.41) is 6.49. The van der Waals surface area contributed by atoms with Crippen molar-refractivity contribution in [2.45, 2.75) is 26.4 Å². The first kappa shape index (κ1) is 18.2. The molecule has 0 aromatic heterocycles. The highest BCUT2D eigenvalue weighted by Crippen LogP contribution is 2.12. The predicted octanol–water partition coefficient (Wildman–Crippen LogP) is 2.75. The number of rotatable bonds is 7. The van der Waals surface area contributed by atoms with Gasteiger partial charge in [0.25, 0.3) is 5.91 Å². The number of oxime groups is 1. The highest BCUT2D eigenvalue weighted by Gasteiger charge is 2.15. The second-order valence-electron chi connectivity index (χ2n) is 5.62. The van der Waals surface area contributed by atoms with Crippen LogP contribution in [0.2, 0.25) is 0 Å². The van der Waals surface area contributed by atoms with Gasteiger partial charge in [0.15, 0.2) is 5.78 Å². The third-order valence-corrected chi connectivity index (χ3v) is 3.46. The number of hydrogen-bond donors (Lipinski definition) is 2. The molecule has 25 heavy (non-hydrogen) atoms. The summed E-state index contributed by atoms with van der Waals surface area (Å²) in [5.74, 6) is -0.167. The molecular formula is C19H21N3O3. The molecule has 1 atom stereocenters. The first-order valence-electron chi connectivity index (χ1n) is 7.89. The van der Waals surface area contributed by atoms with Gasteiger partial charge in [0.2, 0.25) is 6.10 Å². The van der Waals surface area contributed by atoms with E-state index in [0.29, 0.717) is 17.7 Å². The van der Waals surface area contributed by atoms with Crippen LogP contribution in [0.15, 0.2) is 59.8 Å². The molecule has 0 aliphatic rings. The zero-order valence-electron chi connectivity index (χ0n) is 14.2. The maximum absolute atomic E-state index is 12.1. The lowest BCUT2D eigenvalue weighted by molar-refractivity contribution is -0.126. The van der Waals surface area contributed by atoms with Crippen LogP contribution in [0, 0.1) is 0 Å². The number of carbonyl (C=O) groups excluding carboxylic acids is 2. The predicted molar refractivity (Wildman–Crippen MR) is 97.4 cm³/mol. The second-order valence-corrected chi connectivity index (χ2v) is 5.62. The third kappa shape index (κ3) is 5.76. The van der Waals surface area contributed by atoms with Gasteiger partial charge in [-0.2, -0.15) is 0 Å². The van der Waals surface area contributed by atoms with Gasteiger partial charge in [0.1, 0.15) is 5.84 Å². The topological polar surface area (TPSA) is 93.8 Å². The minimum absolute atomic E-state index is 0.0707. The molecule has 0 saturated carbocycles. The Kier molecular flexibility index (Phi) is 6.28. The molecule has 0 heterocycles. The Hall–Kier alpha value is -3.15. The summed E-state index contributed by atoms with van der Waals surface area (Å²) in [5.41, 5.74) is 7.87. The Morgan fingerprint density at radius 1 is 1.16 bits per heavy atom. The van der Waals surface area contributed by atoms with E-state index in [1.54, 1.807) is 31.2 Å². The van der Waals surface area contributed by atoms with Crippen molar-refractivity contribution < 1.29 is 14.4 Å². The van der Waals surface area contributed by atoms with E-state index >= 15 is 0 Å². The van der Waals surface area contributed by atoms with Crippen molar-refractivity contribution in [1.29, 1.82) is 0 Å². The minimum Gasteiger partial charge on any atom is -0.384 e. The van der Waals surface area contributed by atoms with E-state index in [0.717, 1.165) is 5.56 Å². The Morgan fingerprint density at radius 2 is 1.88 bits per heavy atom. The van der Waals surface area contributed by atoms with E-state index in [1.165, 1.54) is 6.92 Å². The van der Waals surface area contributed by atoms with Gasteiger partial charge in [-0.05, 0) is 31.5 Å². The Bertz CT molecular complexity index is 772. The number of nitrogens with one attached hydrogen (secondary N) is 1. The normalized spacial score (nSPS) is 12.3. The molecule has 0 aliphatic heterocycles. The van der Waals surface area contributed by atoms with Gasteiger partial charge in [0.05, 0.1) is 0 Å². The number of ketones is 1. The maximum Gasteiger partial charge on any atom is 0.267 e. The van der Waals surface area contributed by atoms with Crippen LogP contribution in [0.25, 0.3) is 0 Å². The monoisotopic (exact) mass is 339 g/mol. The van der Waals surface area contributed by atoms with Crippen LogP contribution in [0.3, 0.4) is 0 Å². The zero-order chi connectivity index (χ0) is 18.2. The molecule has 6 heteroatoms. The minimum atomic E-state index is -0.824. The van der Waals surface area contributed by atoms with E-state index in [-0.39, 0.29) is 17.5 Å². The number of carbonyl (C=O) groups is 2. The summed E-state index contributed by atoms with van der Waals surface area (Å²) >= 11 is 0. The van der Waals surface area contributed by atoms with Crippen LogP contribution < -0.4 is 11.1 Å². The van der Waals surface area contributed by atoms with Crippen LogP contribution in [0.4, 0.5) is 5.69 Å². The zero-order valence-corrected chi connectivity index (χ0v) is 14.2. The van der Waals surface area contributed by atoms with Gasteiger partial charge in [-0.1, -0.05) is 47.6 Å². The van der Waals surface area contributed by atoms with Gasteiger partial charge < -0.3 is 15.9 Å². The number of nitrogens with zero attached hydrogens (tertiary/aromatic N) is 1. The average Bonchev–Trinajstić information content (AvgIpc) is 2.60. The molecule has 0 radical (unpaired) electrons. The van der Waals surface area contributed by atoms with E-state index in [4.69, 9.17) is 10.6 Å². The van der Waals surface area contributed by atoms with Crippen LogP contribution in [0.5, 0.6) is 0 Å². The third-order valence-electron chi connectivity index (χ3n) is 3.46. The van der Waals surface area contributed by atoms with Gasteiger partial charge >= 0.3 is 0 Å². The van der Waals surface area contributed by atoms with Crippen LogP contribution in [0.1, 0.15) is 29.8 Å². The molecule has 0 saturated heterocycles. The summed E-state index contributed by atoms with van der Waals surface area (Å²) < 4.78 is 0. The van der Waals surface area contributed by atoms with Crippen molar-refractivity contribution in [1.82, 2.24) is 0 Å². The van der Waals surface area contributed by atoms with Gasteiger partial charge in [-0.3, -0.25) is 9.59 Å². The summed E-state index contributed by atoms with van der Waals surface area (Å²) in [4.78, 5) is 28.7. The number of amidine groups is 1. The lowest BCUT2D eigenvalue weighted by Gasteiger charge is -2.11. The Morgan fingerprint density at radius 3 is 2.56 bits per heavy atom. The van der Waals surface area contributed by atoms with Crippen LogP contribution >= 0.6 is 0 Å². The van der Waals surface area contributed by atoms with Crippen LogP contribution in [-0.2, 0) is 16.1 Å². The quantitative estimate of drug-likeness (QED) is 0.351. The van der Waals surface area contributed by atoms with Crippen molar-refractivity contribution in [3.05, 3.63) is 65.7 Å². The largest absolute Gasteiger partial charge is 0.384 e. The van der Waals surface area contributed by atoms with Crippen molar-refractivity contribution in [3.8, 4) is 0 Å². The van der Waals surface area contributed by atoms with E-state index in [9.17, 15) is 9.59 Å². The van der Waals surface area contributed by atoms with Gasteiger partial charge in [-0.25, -0.2) is 0 Å². The highest BCUT2D eigenvalue weighted by atomic mass is 16.6. The molecule has 130 valence electrons. The van der Waals surface area contributed by atoms with Gasteiger partial charge in [0, 0.05) is 17.7 Å². The summed E-state index contributed by atoms with van der Waals surface area (Å²) in [7, 11) is 0. The van der Waals surface area contributed by atoms with E-state index in [2.05, 4.69) is 10.5 Å². The van der Waals surface area contributed by atoms with Crippen molar-refractivity contribution in [2.75, 3.05) is 5.32 Å². The Balaban J connectivity index is 1.90. The molecule has 0 fully saturated rings. The molecule has 0 spiro atoms. The molecule has 0 bridgehead atoms. The first-order valence-corrected chi connectivity index (χ1v) is 7.89. The Labute approximate surface area is 146 Å². The SMILES string of the molecule is CC(=O)c1cccc(NC(=O)C(C)O/N=C(/N)Cc2ccccc2)c1. The smallest absolute Gasteiger partial charge is 0.267 e. The van der Waals surface area contributed by atoms with Crippen LogP contribution in [-0.4, -0.2) is 23.6 Å². The van der Waals surface area contributed by atoms with Crippen molar-refractivity contribution in [2.24, 2.45) is 10.9 Å². The molecule has 6 nitrogen and oxygen atoms in total. The summed E-state index contributed by atoms with van der Waals surface area (Å²) in [6.07, 6.45) is -0.383. The fourth-order valence-electron chi connectivity index (χ4n) is 2.09. The number of nitrogens with two attached hydrogens (primary N) is 1. The molecule has 2 aromatic carbocycles. The summed E-state index contributed by atoms with van der Waals surface area (Å²) in [6, 6.07) is 16.3. The van der Waals surface area contributed by atoms with E-state index < -0.39 is 6.10 Å².